The van der Waals surface area contributed by atoms with Crippen molar-refractivity contribution in [2.75, 3.05) is 19.7 Å². The quantitative estimate of drug-likeness (QED) is 0.696. The predicted octanol–water partition coefficient (Wildman–Crippen LogP) is 3.99. The highest BCUT2D eigenvalue weighted by molar-refractivity contribution is 5.50. The van der Waals surface area contributed by atoms with Crippen LogP contribution in [0.5, 0.6) is 0 Å². The Morgan fingerprint density at radius 2 is 2.03 bits per heavy atom. The van der Waals surface area contributed by atoms with Gasteiger partial charge < -0.3 is 9.52 Å². The largest absolute Gasteiger partial charge is 0.421 e. The second kappa shape index (κ2) is 9.40. The molecule has 2 aromatic rings. The first kappa shape index (κ1) is 21.2. The maximum absolute atomic E-state index is 9.70. The molecule has 1 saturated heterocycles. The Balaban J connectivity index is 1.47. The van der Waals surface area contributed by atoms with Gasteiger partial charge in [0, 0.05) is 37.0 Å². The first-order valence-corrected chi connectivity index (χ1v) is 11.3. The van der Waals surface area contributed by atoms with Crippen molar-refractivity contribution in [2.24, 2.45) is 23.7 Å². The number of hydrogen-bond acceptors (Lipinski definition) is 6. The minimum Gasteiger partial charge on any atom is -0.421 e. The van der Waals surface area contributed by atoms with E-state index in [1.54, 1.807) is 12.4 Å². The Morgan fingerprint density at radius 1 is 1.23 bits per heavy atom. The summed E-state index contributed by atoms with van der Waals surface area (Å²) >= 11 is 0. The molecule has 162 valence electrons. The fourth-order valence-corrected chi connectivity index (χ4v) is 5.26. The molecule has 2 aromatic heterocycles. The standard InChI is InChI=1S/C24H34N4O2/c1-16(2)22-12-19(13-23-26-27-24(30-23)18-6-8-25-9-7-18)17(3)11-20(22)14-28-10-4-5-21(28)15-29/h6-9,11,16,19-22,29H,4-5,10,12-15H2,1-3H3. The maximum Gasteiger partial charge on any atom is 0.247 e. The fourth-order valence-electron chi connectivity index (χ4n) is 5.26. The molecule has 4 atom stereocenters. The van der Waals surface area contributed by atoms with Crippen LogP contribution < -0.4 is 0 Å². The van der Waals surface area contributed by atoms with Crippen molar-refractivity contribution in [3.05, 3.63) is 42.1 Å². The fraction of sp³-hybridized carbons (Fsp3) is 0.625. The van der Waals surface area contributed by atoms with Gasteiger partial charge in [-0.3, -0.25) is 9.88 Å². The van der Waals surface area contributed by atoms with Crippen molar-refractivity contribution < 1.29 is 9.52 Å². The summed E-state index contributed by atoms with van der Waals surface area (Å²) in [5.41, 5.74) is 2.34. The van der Waals surface area contributed by atoms with Gasteiger partial charge in [0.1, 0.15) is 0 Å². The zero-order chi connectivity index (χ0) is 21.1. The zero-order valence-corrected chi connectivity index (χ0v) is 18.4. The van der Waals surface area contributed by atoms with Gasteiger partial charge in [-0.05, 0) is 68.5 Å². The van der Waals surface area contributed by atoms with Crippen LogP contribution in [0.3, 0.4) is 0 Å². The SMILES string of the molecule is CC1=CC(CN2CCCC2CO)C(C(C)C)CC1Cc1nnc(-c2ccncc2)o1. The minimum absolute atomic E-state index is 0.279. The van der Waals surface area contributed by atoms with E-state index in [9.17, 15) is 5.11 Å². The molecule has 4 rings (SSSR count). The number of allylic oxidation sites excluding steroid dienone is 1. The Morgan fingerprint density at radius 3 is 2.77 bits per heavy atom. The van der Waals surface area contributed by atoms with E-state index in [1.807, 2.05) is 12.1 Å². The molecule has 0 saturated carbocycles. The van der Waals surface area contributed by atoms with Gasteiger partial charge in [-0.25, -0.2) is 0 Å². The summed E-state index contributed by atoms with van der Waals surface area (Å²) in [7, 11) is 0. The Hall–Kier alpha value is -2.05. The highest BCUT2D eigenvalue weighted by Gasteiger charge is 2.35. The lowest BCUT2D eigenvalue weighted by Crippen LogP contribution is -2.40. The van der Waals surface area contributed by atoms with Crippen molar-refractivity contribution >= 4 is 0 Å². The van der Waals surface area contributed by atoms with Crippen LogP contribution in [0, 0.1) is 23.7 Å². The molecule has 0 spiro atoms. The number of nitrogens with zero attached hydrogens (tertiary/aromatic N) is 4. The third-order valence-electron chi connectivity index (χ3n) is 7.05. The van der Waals surface area contributed by atoms with Crippen LogP contribution in [0.2, 0.25) is 0 Å². The van der Waals surface area contributed by atoms with E-state index in [1.165, 1.54) is 12.0 Å². The highest BCUT2D eigenvalue weighted by Crippen LogP contribution is 2.40. The van der Waals surface area contributed by atoms with Crippen molar-refractivity contribution in [2.45, 2.75) is 52.5 Å². The number of aromatic nitrogens is 3. The molecule has 2 aliphatic rings. The maximum atomic E-state index is 9.70. The topological polar surface area (TPSA) is 75.3 Å². The smallest absolute Gasteiger partial charge is 0.247 e. The van der Waals surface area contributed by atoms with Crippen molar-refractivity contribution in [1.29, 1.82) is 0 Å². The second-order valence-corrected chi connectivity index (χ2v) is 9.33. The number of hydrogen-bond donors (Lipinski definition) is 1. The molecule has 6 heteroatoms. The molecular weight excluding hydrogens is 376 g/mol. The van der Waals surface area contributed by atoms with E-state index in [2.05, 4.69) is 46.9 Å². The van der Waals surface area contributed by atoms with Gasteiger partial charge in [-0.1, -0.05) is 25.5 Å². The summed E-state index contributed by atoms with van der Waals surface area (Å²) in [5, 5.41) is 18.3. The third-order valence-corrected chi connectivity index (χ3v) is 7.05. The summed E-state index contributed by atoms with van der Waals surface area (Å²) in [4.78, 5) is 6.55. The molecule has 0 bridgehead atoms. The van der Waals surface area contributed by atoms with Crippen LogP contribution in [-0.4, -0.2) is 50.9 Å². The Kier molecular flexibility index (Phi) is 6.64. The van der Waals surface area contributed by atoms with Crippen LogP contribution >= 0.6 is 0 Å². The average molecular weight is 411 g/mol. The van der Waals surface area contributed by atoms with E-state index < -0.39 is 0 Å². The number of aliphatic hydroxyl groups excluding tert-OH is 1. The summed E-state index contributed by atoms with van der Waals surface area (Å²) in [6, 6.07) is 4.12. The van der Waals surface area contributed by atoms with Crippen molar-refractivity contribution in [3.8, 4) is 11.5 Å². The predicted molar refractivity (Wildman–Crippen MR) is 117 cm³/mol. The third kappa shape index (κ3) is 4.65. The molecule has 1 fully saturated rings. The van der Waals surface area contributed by atoms with E-state index in [4.69, 9.17) is 4.42 Å². The number of rotatable bonds is 7. The number of pyridine rings is 1. The average Bonchev–Trinajstić information content (AvgIpc) is 3.39. The molecule has 6 nitrogen and oxygen atoms in total. The number of likely N-dealkylation sites (tertiary alicyclic amines) is 1. The summed E-state index contributed by atoms with van der Waals surface area (Å²) in [5.74, 6) is 3.50. The van der Waals surface area contributed by atoms with Gasteiger partial charge in [0.25, 0.3) is 0 Å². The van der Waals surface area contributed by atoms with E-state index in [0.717, 1.165) is 37.9 Å². The van der Waals surface area contributed by atoms with E-state index >= 15 is 0 Å². The van der Waals surface area contributed by atoms with E-state index in [-0.39, 0.29) is 6.61 Å². The second-order valence-electron chi connectivity index (χ2n) is 9.33. The molecule has 0 amide bonds. The van der Waals surface area contributed by atoms with Crippen LogP contribution in [0.15, 0.2) is 40.6 Å². The molecule has 1 N–H and O–H groups in total. The van der Waals surface area contributed by atoms with Gasteiger partial charge >= 0.3 is 0 Å². The van der Waals surface area contributed by atoms with Crippen molar-refractivity contribution in [3.63, 3.8) is 0 Å². The summed E-state index contributed by atoms with van der Waals surface area (Å²) in [6.07, 6.45) is 10.2. The zero-order valence-electron chi connectivity index (χ0n) is 18.4. The normalized spacial score (nSPS) is 27.6. The first-order chi connectivity index (χ1) is 14.5. The highest BCUT2D eigenvalue weighted by atomic mass is 16.4. The Bertz CT molecular complexity index is 848. The van der Waals surface area contributed by atoms with Gasteiger partial charge in [-0.2, -0.15) is 0 Å². The summed E-state index contributed by atoms with van der Waals surface area (Å²) in [6.45, 7) is 9.38. The van der Waals surface area contributed by atoms with Crippen LogP contribution in [0.1, 0.15) is 45.9 Å². The van der Waals surface area contributed by atoms with Crippen LogP contribution in [0.4, 0.5) is 0 Å². The van der Waals surface area contributed by atoms with Gasteiger partial charge in [0.05, 0.1) is 6.61 Å². The lowest BCUT2D eigenvalue weighted by atomic mass is 9.69. The molecule has 0 radical (unpaired) electrons. The molecule has 1 aliphatic carbocycles. The monoisotopic (exact) mass is 410 g/mol. The summed E-state index contributed by atoms with van der Waals surface area (Å²) < 4.78 is 5.97. The molecular formula is C24H34N4O2. The molecule has 0 aromatic carbocycles. The van der Waals surface area contributed by atoms with Gasteiger partial charge in [0.2, 0.25) is 11.8 Å². The van der Waals surface area contributed by atoms with Crippen LogP contribution in [0.25, 0.3) is 11.5 Å². The van der Waals surface area contributed by atoms with E-state index in [0.29, 0.717) is 41.5 Å². The van der Waals surface area contributed by atoms with Gasteiger partial charge in [-0.15, -0.1) is 10.2 Å². The molecule has 30 heavy (non-hydrogen) atoms. The van der Waals surface area contributed by atoms with Crippen molar-refractivity contribution in [1.82, 2.24) is 20.1 Å². The lowest BCUT2D eigenvalue weighted by molar-refractivity contribution is 0.117. The molecule has 3 heterocycles. The van der Waals surface area contributed by atoms with Crippen LogP contribution in [-0.2, 0) is 6.42 Å². The Labute approximate surface area is 179 Å². The number of aliphatic hydroxyl groups is 1. The first-order valence-electron chi connectivity index (χ1n) is 11.3. The molecule has 1 aliphatic heterocycles. The minimum atomic E-state index is 0.279. The van der Waals surface area contributed by atoms with Gasteiger partial charge in [0.15, 0.2) is 0 Å². The lowest BCUT2D eigenvalue weighted by Gasteiger charge is -2.39. The molecule has 4 unspecified atom stereocenters.